The summed E-state index contributed by atoms with van der Waals surface area (Å²) in [7, 11) is 1.61. The van der Waals surface area contributed by atoms with E-state index < -0.39 is 5.41 Å². The predicted molar refractivity (Wildman–Crippen MR) is 59.3 cm³/mol. The van der Waals surface area contributed by atoms with Crippen LogP contribution in [0, 0.1) is 18.3 Å². The maximum Gasteiger partial charge on any atom is 0.136 e. The van der Waals surface area contributed by atoms with Crippen molar-refractivity contribution in [2.45, 2.75) is 25.2 Å². The number of hydrogen-bond donors (Lipinski definition) is 0. The van der Waals surface area contributed by atoms with Crippen LogP contribution >= 0.6 is 0 Å². The topological polar surface area (TPSA) is 50.1 Å². The lowest BCUT2D eigenvalue weighted by atomic mass is 9.64. The molecule has 82 valence electrons. The van der Waals surface area contributed by atoms with Gasteiger partial charge in [-0.15, -0.1) is 0 Å². The lowest BCUT2D eigenvalue weighted by Gasteiger charge is -2.34. The van der Waals surface area contributed by atoms with Crippen molar-refractivity contribution in [1.29, 1.82) is 5.26 Å². The van der Waals surface area contributed by atoms with Crippen molar-refractivity contribution in [3.63, 3.8) is 0 Å². The summed E-state index contributed by atoms with van der Waals surface area (Å²) in [5.74, 6) is 0.924. The number of ether oxygens (including phenoxy) is 1. The van der Waals surface area contributed by atoms with Crippen molar-refractivity contribution in [3.05, 3.63) is 29.3 Å². The van der Waals surface area contributed by atoms with E-state index in [2.05, 4.69) is 6.07 Å². The van der Waals surface area contributed by atoms with Gasteiger partial charge in [0.1, 0.15) is 11.5 Å². The Morgan fingerprint density at radius 3 is 2.62 bits per heavy atom. The summed E-state index contributed by atoms with van der Waals surface area (Å²) in [4.78, 5) is 11.1. The van der Waals surface area contributed by atoms with E-state index in [-0.39, 0.29) is 5.78 Å². The first kappa shape index (κ1) is 10.7. The van der Waals surface area contributed by atoms with Gasteiger partial charge in [-0.1, -0.05) is 12.1 Å². The molecule has 0 amide bonds. The third-order valence-corrected chi connectivity index (χ3v) is 3.17. The number of rotatable bonds is 2. The van der Waals surface area contributed by atoms with Gasteiger partial charge in [0.05, 0.1) is 18.6 Å². The number of carbonyl (C=O) groups excluding carboxylic acids is 1. The molecule has 0 heterocycles. The van der Waals surface area contributed by atoms with Gasteiger partial charge in [0, 0.05) is 12.8 Å². The van der Waals surface area contributed by atoms with Gasteiger partial charge in [0.25, 0.3) is 0 Å². The first-order chi connectivity index (χ1) is 7.61. The number of benzene rings is 1. The highest BCUT2D eigenvalue weighted by Crippen LogP contribution is 2.42. The lowest BCUT2D eigenvalue weighted by molar-refractivity contribution is -0.126. The fourth-order valence-electron chi connectivity index (χ4n) is 2.09. The highest BCUT2D eigenvalue weighted by Gasteiger charge is 2.45. The number of nitrogens with zero attached hydrogens (tertiary/aromatic N) is 1. The summed E-state index contributed by atoms with van der Waals surface area (Å²) < 4.78 is 5.23. The Hall–Kier alpha value is -1.82. The minimum Gasteiger partial charge on any atom is -0.496 e. The van der Waals surface area contributed by atoms with Crippen LogP contribution in [0.15, 0.2) is 18.2 Å². The molecule has 16 heavy (non-hydrogen) atoms. The number of Topliss-reactive ketones (excluding diaryl/α,β-unsaturated/α-hetero) is 1. The molecule has 0 bridgehead atoms. The molecule has 0 atom stereocenters. The van der Waals surface area contributed by atoms with Gasteiger partial charge >= 0.3 is 0 Å². The lowest BCUT2D eigenvalue weighted by Crippen LogP contribution is -2.40. The van der Waals surface area contributed by atoms with Crippen molar-refractivity contribution in [1.82, 2.24) is 0 Å². The second-order valence-electron chi connectivity index (χ2n) is 4.27. The first-order valence-electron chi connectivity index (χ1n) is 5.19. The predicted octanol–water partition coefficient (Wildman–Crippen LogP) is 2.13. The number of hydrogen-bond acceptors (Lipinski definition) is 3. The molecule has 3 heteroatoms. The number of nitriles is 1. The molecule has 0 unspecified atom stereocenters. The fourth-order valence-corrected chi connectivity index (χ4v) is 2.09. The van der Waals surface area contributed by atoms with Gasteiger partial charge < -0.3 is 4.74 Å². The zero-order valence-electron chi connectivity index (χ0n) is 9.41. The van der Waals surface area contributed by atoms with E-state index in [9.17, 15) is 10.1 Å². The smallest absolute Gasteiger partial charge is 0.136 e. The number of methoxy groups -OCH3 is 1. The quantitative estimate of drug-likeness (QED) is 0.759. The summed E-state index contributed by atoms with van der Waals surface area (Å²) in [6, 6.07) is 7.96. The molecular formula is C13H13NO2. The van der Waals surface area contributed by atoms with Crippen molar-refractivity contribution in [2.75, 3.05) is 7.11 Å². The summed E-state index contributed by atoms with van der Waals surface area (Å²) in [6.07, 6.45) is 0.658. The molecule has 0 aromatic heterocycles. The molecule has 1 aliphatic rings. The number of aryl methyl sites for hydroxylation is 1. The van der Waals surface area contributed by atoms with Gasteiger partial charge in [0.2, 0.25) is 0 Å². The zero-order chi connectivity index (χ0) is 11.8. The largest absolute Gasteiger partial charge is 0.496 e. The van der Waals surface area contributed by atoms with Crippen LogP contribution in [0.3, 0.4) is 0 Å². The molecule has 0 aliphatic heterocycles. The monoisotopic (exact) mass is 215 g/mol. The molecule has 1 aliphatic carbocycles. The molecule has 0 saturated heterocycles. The highest BCUT2D eigenvalue weighted by atomic mass is 16.5. The van der Waals surface area contributed by atoms with E-state index in [1.807, 2.05) is 25.1 Å². The fraction of sp³-hybridized carbons (Fsp3) is 0.385. The van der Waals surface area contributed by atoms with Crippen LogP contribution in [-0.4, -0.2) is 12.9 Å². The third kappa shape index (κ3) is 1.47. The molecular weight excluding hydrogens is 202 g/mol. The van der Waals surface area contributed by atoms with E-state index in [0.717, 1.165) is 16.9 Å². The molecule has 2 rings (SSSR count). The van der Waals surface area contributed by atoms with Crippen molar-refractivity contribution in [2.24, 2.45) is 0 Å². The van der Waals surface area contributed by atoms with Crippen molar-refractivity contribution < 1.29 is 9.53 Å². The Labute approximate surface area is 94.6 Å². The normalized spacial score (nSPS) is 17.4. The van der Waals surface area contributed by atoms with E-state index in [4.69, 9.17) is 4.74 Å². The number of ketones is 1. The van der Waals surface area contributed by atoms with E-state index >= 15 is 0 Å². The Morgan fingerprint density at radius 2 is 2.12 bits per heavy atom. The Bertz CT molecular complexity index is 477. The van der Waals surface area contributed by atoms with Crippen LogP contribution in [0.4, 0.5) is 0 Å². The summed E-state index contributed by atoms with van der Waals surface area (Å²) in [5, 5.41) is 9.20. The third-order valence-electron chi connectivity index (χ3n) is 3.17. The average Bonchev–Trinajstić information content (AvgIpc) is 2.25. The Morgan fingerprint density at radius 1 is 1.44 bits per heavy atom. The Balaban J connectivity index is 2.41. The average molecular weight is 215 g/mol. The standard InChI is InChI=1S/C13H13NO2/c1-9-3-4-10(5-12(9)16-2)13(8-14)6-11(15)7-13/h3-5H,6-7H2,1-2H3. The summed E-state index contributed by atoms with van der Waals surface area (Å²) >= 11 is 0. The second kappa shape index (κ2) is 3.64. The van der Waals surface area contributed by atoms with Crippen LogP contribution in [0.25, 0.3) is 0 Å². The van der Waals surface area contributed by atoms with Crippen LogP contribution < -0.4 is 4.74 Å². The highest BCUT2D eigenvalue weighted by molar-refractivity contribution is 5.90. The van der Waals surface area contributed by atoms with Gasteiger partial charge in [-0.25, -0.2) is 0 Å². The molecule has 1 fully saturated rings. The molecule has 0 spiro atoms. The maximum atomic E-state index is 11.1. The van der Waals surface area contributed by atoms with Crippen molar-refractivity contribution in [3.8, 4) is 11.8 Å². The van der Waals surface area contributed by atoms with Crippen LogP contribution in [0.2, 0.25) is 0 Å². The zero-order valence-corrected chi connectivity index (χ0v) is 9.41. The summed E-state index contributed by atoms with van der Waals surface area (Å²) in [6.45, 7) is 1.95. The van der Waals surface area contributed by atoms with E-state index in [0.29, 0.717) is 12.8 Å². The molecule has 1 aromatic carbocycles. The molecule has 1 saturated carbocycles. The maximum absolute atomic E-state index is 11.1. The van der Waals surface area contributed by atoms with Crippen LogP contribution in [0.1, 0.15) is 24.0 Å². The van der Waals surface area contributed by atoms with E-state index in [1.54, 1.807) is 7.11 Å². The van der Waals surface area contributed by atoms with Gasteiger partial charge in [-0.05, 0) is 24.1 Å². The molecule has 3 nitrogen and oxygen atoms in total. The van der Waals surface area contributed by atoms with Crippen molar-refractivity contribution >= 4 is 5.78 Å². The minimum absolute atomic E-state index is 0.154. The van der Waals surface area contributed by atoms with Gasteiger partial charge in [0.15, 0.2) is 0 Å². The first-order valence-corrected chi connectivity index (χ1v) is 5.19. The summed E-state index contributed by atoms with van der Waals surface area (Å²) in [5.41, 5.74) is 1.31. The number of carbonyl (C=O) groups is 1. The Kier molecular flexibility index (Phi) is 2.43. The van der Waals surface area contributed by atoms with Crippen LogP contribution in [-0.2, 0) is 10.2 Å². The SMILES string of the molecule is COc1cc(C2(C#N)CC(=O)C2)ccc1C. The van der Waals surface area contributed by atoms with Gasteiger partial charge in [-0.2, -0.15) is 5.26 Å². The minimum atomic E-state index is -0.613. The second-order valence-corrected chi connectivity index (χ2v) is 4.27. The molecule has 0 radical (unpaired) electrons. The van der Waals surface area contributed by atoms with E-state index in [1.165, 1.54) is 0 Å². The van der Waals surface area contributed by atoms with Crippen LogP contribution in [0.5, 0.6) is 5.75 Å². The molecule has 1 aromatic rings. The van der Waals surface area contributed by atoms with Gasteiger partial charge in [-0.3, -0.25) is 4.79 Å². The molecule has 0 N–H and O–H groups in total.